The van der Waals surface area contributed by atoms with Crippen LogP contribution in [0.2, 0.25) is 0 Å². The van der Waals surface area contributed by atoms with Gasteiger partial charge in [0.05, 0.1) is 22.4 Å². The molecule has 0 aromatic rings. The molecule has 3 unspecified atom stereocenters. The number of nitrogens with one attached hydrogen (secondary N) is 1. The zero-order chi connectivity index (χ0) is 15.6. The normalized spacial score (nSPS) is 32.3. The molecule has 0 spiro atoms. The Hall–Kier alpha value is -0.300. The highest BCUT2D eigenvalue weighted by Gasteiger charge is 2.30. The standard InChI is InChI=1S/C13H18Cl3FN4/c14-8-1-2-9(17)12(16)7(8)6-21-4-3-20-13(19)10(21)5-11(15)18/h1,5,9-10,13,20H,2-4,6,18-19H2/b11-5-. The van der Waals surface area contributed by atoms with Crippen LogP contribution in [0.25, 0.3) is 0 Å². The van der Waals surface area contributed by atoms with Crippen LogP contribution in [0.15, 0.2) is 32.9 Å². The van der Waals surface area contributed by atoms with Gasteiger partial charge in [-0.05, 0) is 6.08 Å². The number of nitrogens with two attached hydrogens (primary N) is 2. The van der Waals surface area contributed by atoms with E-state index in [1.165, 1.54) is 0 Å². The Kier molecular flexibility index (Phi) is 5.94. The lowest BCUT2D eigenvalue weighted by molar-refractivity contribution is 0.165. The van der Waals surface area contributed by atoms with E-state index in [-0.39, 0.29) is 28.8 Å². The molecular weight excluding hydrogens is 338 g/mol. The molecule has 118 valence electrons. The lowest BCUT2D eigenvalue weighted by atomic mass is 10.0. The zero-order valence-corrected chi connectivity index (χ0v) is 13.6. The first-order valence-corrected chi connectivity index (χ1v) is 7.78. The maximum atomic E-state index is 13.7. The van der Waals surface area contributed by atoms with Crippen LogP contribution in [0.4, 0.5) is 4.39 Å². The molecule has 1 fully saturated rings. The monoisotopic (exact) mass is 354 g/mol. The predicted molar refractivity (Wildman–Crippen MR) is 85.8 cm³/mol. The van der Waals surface area contributed by atoms with Gasteiger partial charge in [-0.25, -0.2) is 4.39 Å². The molecule has 1 saturated heterocycles. The van der Waals surface area contributed by atoms with E-state index >= 15 is 0 Å². The second-order valence-electron chi connectivity index (χ2n) is 5.07. The van der Waals surface area contributed by atoms with Crippen molar-refractivity contribution in [2.45, 2.75) is 24.8 Å². The van der Waals surface area contributed by atoms with Crippen LogP contribution in [0.5, 0.6) is 0 Å². The van der Waals surface area contributed by atoms with Crippen molar-refractivity contribution >= 4 is 34.8 Å². The van der Waals surface area contributed by atoms with E-state index in [0.717, 1.165) is 0 Å². The summed E-state index contributed by atoms with van der Waals surface area (Å²) in [5.74, 6) is 0. The highest BCUT2D eigenvalue weighted by atomic mass is 35.5. The molecule has 1 aliphatic heterocycles. The molecule has 3 atom stereocenters. The molecule has 0 aromatic carbocycles. The Morgan fingerprint density at radius 2 is 2.24 bits per heavy atom. The van der Waals surface area contributed by atoms with E-state index in [0.29, 0.717) is 30.2 Å². The Balaban J connectivity index is 2.21. The van der Waals surface area contributed by atoms with Crippen molar-refractivity contribution < 1.29 is 4.39 Å². The summed E-state index contributed by atoms with van der Waals surface area (Å²) < 4.78 is 13.7. The first kappa shape index (κ1) is 17.1. The fourth-order valence-electron chi connectivity index (χ4n) is 2.52. The summed E-state index contributed by atoms with van der Waals surface area (Å²) in [6.07, 6.45) is 2.01. The summed E-state index contributed by atoms with van der Waals surface area (Å²) in [6.45, 7) is 1.81. The second kappa shape index (κ2) is 7.31. The van der Waals surface area contributed by atoms with Crippen LogP contribution in [0.1, 0.15) is 6.42 Å². The number of piperazine rings is 1. The number of nitrogens with zero attached hydrogens (tertiary/aromatic N) is 1. The Morgan fingerprint density at radius 3 is 2.90 bits per heavy atom. The minimum Gasteiger partial charge on any atom is -0.390 e. The van der Waals surface area contributed by atoms with Crippen LogP contribution < -0.4 is 16.8 Å². The molecule has 4 nitrogen and oxygen atoms in total. The molecule has 5 N–H and O–H groups in total. The van der Waals surface area contributed by atoms with Gasteiger partial charge in [0.25, 0.3) is 0 Å². The lowest BCUT2D eigenvalue weighted by Crippen LogP contribution is -2.61. The van der Waals surface area contributed by atoms with Crippen molar-refractivity contribution in [3.8, 4) is 0 Å². The molecule has 1 heterocycles. The third-order valence-electron chi connectivity index (χ3n) is 3.62. The fraction of sp³-hybridized carbons (Fsp3) is 0.538. The summed E-state index contributed by atoms with van der Waals surface area (Å²) in [4.78, 5) is 2.03. The van der Waals surface area contributed by atoms with E-state index in [1.807, 2.05) is 4.90 Å². The van der Waals surface area contributed by atoms with Crippen molar-refractivity contribution in [2.24, 2.45) is 11.5 Å². The average molecular weight is 356 g/mol. The van der Waals surface area contributed by atoms with Crippen LogP contribution >= 0.6 is 34.8 Å². The quantitative estimate of drug-likeness (QED) is 0.677. The van der Waals surface area contributed by atoms with Gasteiger partial charge in [0.1, 0.15) is 6.17 Å². The number of rotatable bonds is 3. The summed E-state index contributed by atoms with van der Waals surface area (Å²) >= 11 is 18.0. The minimum absolute atomic E-state index is 0.163. The van der Waals surface area contributed by atoms with Crippen LogP contribution in [0, 0.1) is 0 Å². The fourth-order valence-corrected chi connectivity index (χ4v) is 3.20. The van der Waals surface area contributed by atoms with E-state index in [9.17, 15) is 4.39 Å². The molecule has 2 rings (SSSR count). The molecule has 21 heavy (non-hydrogen) atoms. The van der Waals surface area contributed by atoms with E-state index < -0.39 is 6.17 Å². The van der Waals surface area contributed by atoms with Gasteiger partial charge in [-0.2, -0.15) is 0 Å². The Morgan fingerprint density at radius 1 is 1.52 bits per heavy atom. The number of halogens is 4. The molecular formula is C13H18Cl3FN4. The van der Waals surface area contributed by atoms with Crippen molar-refractivity contribution in [1.29, 1.82) is 0 Å². The number of alkyl halides is 1. The van der Waals surface area contributed by atoms with Gasteiger partial charge in [-0.3, -0.25) is 10.2 Å². The average Bonchev–Trinajstić information content (AvgIpc) is 2.42. The number of hydrogen-bond donors (Lipinski definition) is 3. The maximum Gasteiger partial charge on any atom is 0.139 e. The largest absolute Gasteiger partial charge is 0.390 e. The van der Waals surface area contributed by atoms with Gasteiger partial charge in [0.2, 0.25) is 0 Å². The van der Waals surface area contributed by atoms with Gasteiger partial charge in [0, 0.05) is 36.7 Å². The van der Waals surface area contributed by atoms with Crippen LogP contribution in [0.3, 0.4) is 0 Å². The Bertz CT molecular complexity index is 488. The third kappa shape index (κ3) is 4.12. The van der Waals surface area contributed by atoms with Gasteiger partial charge >= 0.3 is 0 Å². The van der Waals surface area contributed by atoms with Gasteiger partial charge in [-0.15, -0.1) is 0 Å². The molecule has 0 aromatic heterocycles. The summed E-state index contributed by atoms with van der Waals surface area (Å²) in [5, 5.41) is 3.96. The first-order chi connectivity index (χ1) is 9.90. The highest BCUT2D eigenvalue weighted by molar-refractivity contribution is 6.36. The SMILES string of the molecule is N/C(Cl)=C\C1C(N)NCCN1CC1=C(Cl)C(F)CC=C1Cl. The molecule has 8 heteroatoms. The highest BCUT2D eigenvalue weighted by Crippen LogP contribution is 2.33. The van der Waals surface area contributed by atoms with Gasteiger partial charge in [0.15, 0.2) is 0 Å². The summed E-state index contributed by atoms with van der Waals surface area (Å²) in [5.41, 5.74) is 12.2. The van der Waals surface area contributed by atoms with E-state index in [1.54, 1.807) is 12.2 Å². The number of allylic oxidation sites excluding steroid dienone is 2. The molecule has 0 amide bonds. The minimum atomic E-state index is -1.20. The molecule has 0 radical (unpaired) electrons. The summed E-state index contributed by atoms with van der Waals surface area (Å²) in [6, 6.07) is -0.210. The van der Waals surface area contributed by atoms with Crippen molar-refractivity contribution in [3.63, 3.8) is 0 Å². The van der Waals surface area contributed by atoms with Crippen molar-refractivity contribution in [3.05, 3.63) is 32.9 Å². The van der Waals surface area contributed by atoms with E-state index in [4.69, 9.17) is 46.3 Å². The molecule has 0 bridgehead atoms. The lowest BCUT2D eigenvalue weighted by Gasteiger charge is -2.39. The summed E-state index contributed by atoms with van der Waals surface area (Å²) in [7, 11) is 0. The van der Waals surface area contributed by atoms with Crippen molar-refractivity contribution in [2.75, 3.05) is 19.6 Å². The second-order valence-corrected chi connectivity index (χ2v) is 6.33. The van der Waals surface area contributed by atoms with Crippen LogP contribution in [-0.2, 0) is 0 Å². The van der Waals surface area contributed by atoms with Crippen LogP contribution in [-0.4, -0.2) is 42.9 Å². The molecule has 1 aliphatic carbocycles. The smallest absolute Gasteiger partial charge is 0.139 e. The van der Waals surface area contributed by atoms with Crippen molar-refractivity contribution in [1.82, 2.24) is 10.2 Å². The zero-order valence-electron chi connectivity index (χ0n) is 11.3. The molecule has 0 saturated carbocycles. The first-order valence-electron chi connectivity index (χ1n) is 6.64. The number of hydrogen-bond acceptors (Lipinski definition) is 4. The Labute approximate surface area is 138 Å². The maximum absolute atomic E-state index is 13.7. The predicted octanol–water partition coefficient (Wildman–Crippen LogP) is 1.94. The third-order valence-corrected chi connectivity index (χ3v) is 4.59. The molecule has 2 aliphatic rings. The van der Waals surface area contributed by atoms with E-state index in [2.05, 4.69) is 5.32 Å². The van der Waals surface area contributed by atoms with Gasteiger partial charge in [-0.1, -0.05) is 40.9 Å². The van der Waals surface area contributed by atoms with Gasteiger partial charge < -0.3 is 11.5 Å². The topological polar surface area (TPSA) is 67.3 Å².